The maximum absolute atomic E-state index is 13.2. The molecule has 2 atom stereocenters. The van der Waals surface area contributed by atoms with E-state index < -0.39 is 6.04 Å². The van der Waals surface area contributed by atoms with Gasteiger partial charge in [-0.3, -0.25) is 14.2 Å². The number of rotatable bonds is 4. The van der Waals surface area contributed by atoms with Gasteiger partial charge in [0.1, 0.15) is 10.9 Å². The van der Waals surface area contributed by atoms with Gasteiger partial charge in [0.25, 0.3) is 11.5 Å². The summed E-state index contributed by atoms with van der Waals surface area (Å²) >= 11 is 1.61. The zero-order valence-electron chi connectivity index (χ0n) is 19.3. The Morgan fingerprint density at radius 3 is 2.72 bits per heavy atom. The molecule has 1 amide bonds. The number of aryl methyl sites for hydroxylation is 1. The minimum atomic E-state index is -0.710. The summed E-state index contributed by atoms with van der Waals surface area (Å²) < 4.78 is 1.41. The first-order valence-electron chi connectivity index (χ1n) is 11.1. The molecule has 2 heterocycles. The molecule has 0 aliphatic heterocycles. The van der Waals surface area contributed by atoms with Gasteiger partial charge >= 0.3 is 0 Å². The molecule has 0 unspecified atom stereocenters. The Morgan fingerprint density at radius 2 is 2.03 bits per heavy atom. The first-order valence-corrected chi connectivity index (χ1v) is 11.9. The minimum absolute atomic E-state index is 0.0850. The molecule has 0 saturated heterocycles. The predicted octanol–water partition coefficient (Wildman–Crippen LogP) is 4.59. The Labute approximate surface area is 192 Å². The Balaban J connectivity index is 1.50. The number of hydrogen-bond acceptors (Lipinski definition) is 5. The second kappa shape index (κ2) is 8.62. The van der Waals surface area contributed by atoms with Gasteiger partial charge in [-0.1, -0.05) is 52.0 Å². The van der Waals surface area contributed by atoms with Gasteiger partial charge in [0, 0.05) is 4.88 Å². The molecule has 0 fully saturated rings. The summed E-state index contributed by atoms with van der Waals surface area (Å²) in [4.78, 5) is 32.4. The molecule has 0 bridgehead atoms. The number of thiophene rings is 1. The normalized spacial score (nSPS) is 17.5. The third-order valence-corrected chi connectivity index (χ3v) is 7.36. The summed E-state index contributed by atoms with van der Waals surface area (Å²) in [6.45, 7) is 10.4. The summed E-state index contributed by atoms with van der Waals surface area (Å²) in [5, 5.41) is 4.76. The third kappa shape index (κ3) is 4.39. The largest absolute Gasteiger partial charge is 0.286 e. The lowest BCUT2D eigenvalue weighted by atomic mass is 9.87. The molecule has 3 aromatic rings. The Kier molecular flexibility index (Phi) is 6.03. The molecule has 4 rings (SSSR count). The van der Waals surface area contributed by atoms with Crippen LogP contribution >= 0.6 is 11.3 Å². The van der Waals surface area contributed by atoms with E-state index in [2.05, 4.69) is 55.3 Å². The average molecular weight is 451 g/mol. The van der Waals surface area contributed by atoms with Gasteiger partial charge in [-0.25, -0.2) is 10.4 Å². The van der Waals surface area contributed by atoms with Gasteiger partial charge in [-0.2, -0.15) is 5.10 Å². The van der Waals surface area contributed by atoms with E-state index in [0.29, 0.717) is 11.3 Å². The average Bonchev–Trinajstić information content (AvgIpc) is 3.11. The molecule has 2 aromatic heterocycles. The third-order valence-electron chi connectivity index (χ3n) is 6.20. The molecule has 1 N–H and O–H groups in total. The van der Waals surface area contributed by atoms with Gasteiger partial charge in [0.15, 0.2) is 0 Å². The standard InChI is InChI=1S/C25H30N4O2S/c1-15-6-11-19-20(12-15)32-23-21(19)24(31)29(14-26-23)16(2)22(30)28-27-13-17-7-9-18(10-8-17)25(3,4)5/h7-10,13-16H,6,11-12H2,1-5H3,(H,28,30)/t15-,16-/m1/s1. The quantitative estimate of drug-likeness (QED) is 0.466. The van der Waals surface area contributed by atoms with Crippen molar-refractivity contribution in [3.63, 3.8) is 0 Å². The van der Waals surface area contributed by atoms with E-state index in [4.69, 9.17) is 0 Å². The molecule has 168 valence electrons. The molecule has 32 heavy (non-hydrogen) atoms. The topological polar surface area (TPSA) is 76.3 Å². The number of hydrogen-bond donors (Lipinski definition) is 1. The molecular formula is C25H30N4O2S. The number of hydrazone groups is 1. The van der Waals surface area contributed by atoms with E-state index in [9.17, 15) is 9.59 Å². The predicted molar refractivity (Wildman–Crippen MR) is 131 cm³/mol. The summed E-state index contributed by atoms with van der Waals surface area (Å²) in [7, 11) is 0. The van der Waals surface area contributed by atoms with Crippen LogP contribution in [0.15, 0.2) is 40.5 Å². The van der Waals surface area contributed by atoms with Crippen LogP contribution in [-0.4, -0.2) is 21.7 Å². The summed E-state index contributed by atoms with van der Waals surface area (Å²) in [5.74, 6) is 0.276. The lowest BCUT2D eigenvalue weighted by Gasteiger charge is -2.18. The van der Waals surface area contributed by atoms with Crippen LogP contribution < -0.4 is 11.0 Å². The van der Waals surface area contributed by atoms with Crippen LogP contribution in [0, 0.1) is 5.92 Å². The fourth-order valence-corrected chi connectivity index (χ4v) is 5.42. The number of fused-ring (bicyclic) bond motifs is 3. The van der Waals surface area contributed by atoms with Gasteiger partial charge in [-0.05, 0) is 54.2 Å². The van der Waals surface area contributed by atoms with E-state index in [1.54, 1.807) is 24.5 Å². The van der Waals surface area contributed by atoms with Crippen molar-refractivity contribution in [3.05, 3.63) is 62.5 Å². The molecule has 0 saturated carbocycles. The molecular weight excluding hydrogens is 420 g/mol. The maximum Gasteiger partial charge on any atom is 0.263 e. The van der Waals surface area contributed by atoms with Crippen molar-refractivity contribution < 1.29 is 4.79 Å². The summed E-state index contributed by atoms with van der Waals surface area (Å²) in [6, 6.07) is 7.37. The highest BCUT2D eigenvalue weighted by Gasteiger charge is 2.25. The van der Waals surface area contributed by atoms with Crippen molar-refractivity contribution in [3.8, 4) is 0 Å². The fourth-order valence-electron chi connectivity index (χ4n) is 4.08. The van der Waals surface area contributed by atoms with Crippen molar-refractivity contribution in [2.75, 3.05) is 0 Å². The number of carbonyl (C=O) groups is 1. The number of carbonyl (C=O) groups excluding carboxylic acids is 1. The van der Waals surface area contributed by atoms with Crippen LogP contribution in [0.3, 0.4) is 0 Å². The van der Waals surface area contributed by atoms with Gasteiger partial charge in [0.2, 0.25) is 0 Å². The molecule has 0 radical (unpaired) electrons. The zero-order chi connectivity index (χ0) is 23.0. The molecule has 1 aliphatic carbocycles. The van der Waals surface area contributed by atoms with Crippen molar-refractivity contribution in [2.45, 2.75) is 65.3 Å². The zero-order valence-corrected chi connectivity index (χ0v) is 20.1. The molecule has 7 heteroatoms. The van der Waals surface area contributed by atoms with Crippen LogP contribution in [0.25, 0.3) is 10.2 Å². The summed E-state index contributed by atoms with van der Waals surface area (Å²) in [5.41, 5.74) is 5.75. The lowest BCUT2D eigenvalue weighted by molar-refractivity contribution is -0.123. The SMILES string of the molecule is C[C@@H]1CCc2c(sc3ncn([C@H](C)C(=O)NN=Cc4ccc(C(C)(C)C)cc4)c(=O)c23)C1. The maximum atomic E-state index is 13.2. The van der Waals surface area contributed by atoms with Gasteiger partial charge < -0.3 is 0 Å². The van der Waals surface area contributed by atoms with E-state index in [0.717, 1.165) is 35.2 Å². The highest BCUT2D eigenvalue weighted by molar-refractivity contribution is 7.18. The van der Waals surface area contributed by atoms with Gasteiger partial charge in [-0.15, -0.1) is 11.3 Å². The number of amides is 1. The second-order valence-electron chi connectivity index (χ2n) is 9.77. The minimum Gasteiger partial charge on any atom is -0.286 e. The first kappa shape index (κ1) is 22.4. The van der Waals surface area contributed by atoms with Crippen molar-refractivity contribution >= 4 is 33.7 Å². The lowest BCUT2D eigenvalue weighted by Crippen LogP contribution is -2.34. The smallest absolute Gasteiger partial charge is 0.263 e. The molecule has 1 aromatic carbocycles. The second-order valence-corrected chi connectivity index (χ2v) is 10.9. The Bertz CT molecular complexity index is 1230. The first-order chi connectivity index (χ1) is 15.1. The molecule has 0 spiro atoms. The number of nitrogens with zero attached hydrogens (tertiary/aromatic N) is 3. The van der Waals surface area contributed by atoms with Crippen molar-refractivity contribution in [1.82, 2.24) is 15.0 Å². The van der Waals surface area contributed by atoms with E-state index in [1.807, 2.05) is 12.1 Å². The number of benzene rings is 1. The number of nitrogens with one attached hydrogen (secondary N) is 1. The van der Waals surface area contributed by atoms with Crippen LogP contribution in [0.1, 0.15) is 68.6 Å². The van der Waals surface area contributed by atoms with E-state index >= 15 is 0 Å². The molecule has 1 aliphatic rings. The fraction of sp³-hybridized carbons (Fsp3) is 0.440. The molecule has 6 nitrogen and oxygen atoms in total. The van der Waals surface area contributed by atoms with Crippen LogP contribution in [0.4, 0.5) is 0 Å². The highest BCUT2D eigenvalue weighted by Crippen LogP contribution is 2.35. The monoisotopic (exact) mass is 450 g/mol. The van der Waals surface area contributed by atoms with E-state index in [-0.39, 0.29) is 16.9 Å². The van der Waals surface area contributed by atoms with Crippen LogP contribution in [0.2, 0.25) is 0 Å². The van der Waals surface area contributed by atoms with Crippen molar-refractivity contribution in [1.29, 1.82) is 0 Å². The number of aromatic nitrogens is 2. The van der Waals surface area contributed by atoms with Crippen molar-refractivity contribution in [2.24, 2.45) is 11.0 Å². The summed E-state index contributed by atoms with van der Waals surface area (Å²) in [6.07, 6.45) is 6.06. The van der Waals surface area contributed by atoms with Gasteiger partial charge in [0.05, 0.1) is 17.9 Å². The van der Waals surface area contributed by atoms with Crippen LogP contribution in [-0.2, 0) is 23.1 Å². The van der Waals surface area contributed by atoms with Crippen LogP contribution in [0.5, 0.6) is 0 Å². The van der Waals surface area contributed by atoms with E-state index in [1.165, 1.54) is 21.3 Å². The Hall–Kier alpha value is -2.80. The highest BCUT2D eigenvalue weighted by atomic mass is 32.1. The Morgan fingerprint density at radius 1 is 1.31 bits per heavy atom.